The quantitative estimate of drug-likeness (QED) is 0.629. The summed E-state index contributed by atoms with van der Waals surface area (Å²) in [5, 5.41) is 13.6. The molecule has 2 saturated heterocycles. The number of hydrazine groups is 1. The lowest BCUT2D eigenvalue weighted by atomic mass is 9.74. The van der Waals surface area contributed by atoms with Gasteiger partial charge in [0, 0.05) is 23.6 Å². The third-order valence-corrected chi connectivity index (χ3v) is 5.79. The summed E-state index contributed by atoms with van der Waals surface area (Å²) in [5.41, 5.74) is 8.56. The van der Waals surface area contributed by atoms with E-state index in [0.29, 0.717) is 17.9 Å². The highest BCUT2D eigenvalue weighted by Crippen LogP contribution is 2.44. The fraction of sp³-hybridized carbons (Fsp3) is 0.381. The standard InChI is InChI=1S/C21H25N3O4/c1-27-13-8-9-14(17(10-13)28-2)16-11-15(21(25)26)18-19(23-24-20(18)22-16)12-6-4-3-5-7-12/h3-10,15-16,18-20,22-24H,11H2,1-2H3,(H,25,26). The van der Waals surface area contributed by atoms with Crippen LogP contribution < -0.4 is 25.6 Å². The zero-order valence-corrected chi connectivity index (χ0v) is 15.9. The number of aliphatic carboxylic acids is 1. The van der Waals surface area contributed by atoms with Crippen LogP contribution in [0.2, 0.25) is 0 Å². The zero-order chi connectivity index (χ0) is 19.7. The summed E-state index contributed by atoms with van der Waals surface area (Å²) in [5.74, 6) is -0.00422. The Morgan fingerprint density at radius 1 is 1.07 bits per heavy atom. The van der Waals surface area contributed by atoms with Gasteiger partial charge >= 0.3 is 5.97 Å². The molecule has 4 rings (SSSR count). The van der Waals surface area contributed by atoms with Crippen LogP contribution in [-0.2, 0) is 4.79 Å². The molecule has 0 amide bonds. The normalized spacial score (nSPS) is 29.1. The van der Waals surface area contributed by atoms with Gasteiger partial charge in [-0.2, -0.15) is 0 Å². The lowest BCUT2D eigenvalue weighted by Gasteiger charge is -2.39. The van der Waals surface area contributed by atoms with E-state index in [4.69, 9.17) is 9.47 Å². The summed E-state index contributed by atoms with van der Waals surface area (Å²) >= 11 is 0. The Kier molecular flexibility index (Phi) is 5.21. The molecule has 2 aliphatic rings. The highest BCUT2D eigenvalue weighted by molar-refractivity contribution is 5.71. The maximum Gasteiger partial charge on any atom is 0.307 e. The first kappa shape index (κ1) is 18.7. The molecule has 4 N–H and O–H groups in total. The van der Waals surface area contributed by atoms with E-state index in [0.717, 1.165) is 11.1 Å². The summed E-state index contributed by atoms with van der Waals surface area (Å²) < 4.78 is 10.8. The van der Waals surface area contributed by atoms with Gasteiger partial charge in [0.05, 0.1) is 32.3 Å². The second kappa shape index (κ2) is 7.79. The Morgan fingerprint density at radius 2 is 1.86 bits per heavy atom. The largest absolute Gasteiger partial charge is 0.497 e. The van der Waals surface area contributed by atoms with Crippen LogP contribution in [-0.4, -0.2) is 31.5 Å². The number of piperidine rings is 1. The fourth-order valence-corrected chi connectivity index (χ4v) is 4.43. The van der Waals surface area contributed by atoms with Crippen LogP contribution in [0.15, 0.2) is 48.5 Å². The minimum absolute atomic E-state index is 0.0708. The van der Waals surface area contributed by atoms with Crippen molar-refractivity contribution in [2.75, 3.05) is 14.2 Å². The molecule has 2 heterocycles. The summed E-state index contributed by atoms with van der Waals surface area (Å²) in [6, 6.07) is 15.4. The number of carboxylic acid groups (broad SMARTS) is 1. The van der Waals surface area contributed by atoms with Gasteiger partial charge in [-0.1, -0.05) is 36.4 Å². The highest BCUT2D eigenvalue weighted by Gasteiger charge is 2.49. The fourth-order valence-electron chi connectivity index (χ4n) is 4.43. The first-order valence-electron chi connectivity index (χ1n) is 9.39. The molecule has 2 fully saturated rings. The van der Waals surface area contributed by atoms with Crippen molar-refractivity contribution in [3.8, 4) is 11.5 Å². The van der Waals surface area contributed by atoms with Crippen LogP contribution in [0.25, 0.3) is 0 Å². The number of nitrogens with one attached hydrogen (secondary N) is 3. The van der Waals surface area contributed by atoms with Gasteiger partial charge in [-0.15, -0.1) is 0 Å². The number of ether oxygens (including phenoxy) is 2. The van der Waals surface area contributed by atoms with Crippen LogP contribution in [0.1, 0.15) is 29.6 Å². The summed E-state index contributed by atoms with van der Waals surface area (Å²) in [6.45, 7) is 0. The van der Waals surface area contributed by atoms with Gasteiger partial charge in [-0.05, 0) is 18.1 Å². The second-order valence-corrected chi connectivity index (χ2v) is 7.24. The number of rotatable bonds is 5. The third-order valence-electron chi connectivity index (χ3n) is 5.79. The molecule has 2 aromatic carbocycles. The van der Waals surface area contributed by atoms with Crippen molar-refractivity contribution in [1.82, 2.24) is 16.2 Å². The van der Waals surface area contributed by atoms with Crippen molar-refractivity contribution >= 4 is 5.97 Å². The van der Waals surface area contributed by atoms with E-state index in [1.807, 2.05) is 48.5 Å². The van der Waals surface area contributed by atoms with Crippen molar-refractivity contribution in [1.29, 1.82) is 0 Å². The van der Waals surface area contributed by atoms with Gasteiger partial charge in [0.1, 0.15) is 11.5 Å². The smallest absolute Gasteiger partial charge is 0.307 e. The van der Waals surface area contributed by atoms with Gasteiger partial charge in [-0.3, -0.25) is 10.1 Å². The van der Waals surface area contributed by atoms with Gasteiger partial charge < -0.3 is 14.6 Å². The Hall–Kier alpha value is -2.61. The summed E-state index contributed by atoms with van der Waals surface area (Å²) in [6.07, 6.45) is 0.308. The Balaban J connectivity index is 1.64. The lowest BCUT2D eigenvalue weighted by Crippen LogP contribution is -2.53. The zero-order valence-electron chi connectivity index (χ0n) is 15.9. The number of carboxylic acids is 1. The number of hydrogen-bond acceptors (Lipinski definition) is 6. The number of carbonyl (C=O) groups is 1. The predicted molar refractivity (Wildman–Crippen MR) is 104 cm³/mol. The van der Waals surface area contributed by atoms with Gasteiger partial charge in [-0.25, -0.2) is 10.9 Å². The monoisotopic (exact) mass is 383 g/mol. The average molecular weight is 383 g/mol. The van der Waals surface area contributed by atoms with Crippen LogP contribution >= 0.6 is 0 Å². The molecule has 0 bridgehead atoms. The summed E-state index contributed by atoms with van der Waals surface area (Å²) in [4.78, 5) is 12.2. The lowest BCUT2D eigenvalue weighted by molar-refractivity contribution is -0.146. The minimum atomic E-state index is -0.777. The van der Waals surface area contributed by atoms with Crippen LogP contribution in [0.4, 0.5) is 0 Å². The Morgan fingerprint density at radius 3 is 2.54 bits per heavy atom. The van der Waals surface area contributed by atoms with Gasteiger partial charge in [0.2, 0.25) is 0 Å². The number of methoxy groups -OCH3 is 2. The maximum absolute atomic E-state index is 12.2. The first-order chi connectivity index (χ1) is 13.6. The van der Waals surface area contributed by atoms with Crippen LogP contribution in [0.5, 0.6) is 11.5 Å². The topological polar surface area (TPSA) is 91.9 Å². The average Bonchev–Trinajstić information content (AvgIpc) is 3.17. The third kappa shape index (κ3) is 3.32. The van der Waals surface area contributed by atoms with E-state index in [2.05, 4.69) is 16.2 Å². The van der Waals surface area contributed by atoms with Crippen molar-refractivity contribution in [3.05, 3.63) is 59.7 Å². The van der Waals surface area contributed by atoms with Gasteiger partial charge in [0.25, 0.3) is 0 Å². The molecule has 0 saturated carbocycles. The Bertz CT molecular complexity index is 845. The van der Waals surface area contributed by atoms with Crippen molar-refractivity contribution in [3.63, 3.8) is 0 Å². The van der Waals surface area contributed by atoms with Crippen molar-refractivity contribution in [2.45, 2.75) is 24.7 Å². The van der Waals surface area contributed by atoms with E-state index in [1.165, 1.54) is 0 Å². The molecule has 0 spiro atoms. The molecule has 148 valence electrons. The van der Waals surface area contributed by atoms with E-state index >= 15 is 0 Å². The first-order valence-corrected chi connectivity index (χ1v) is 9.39. The molecule has 5 unspecified atom stereocenters. The number of benzene rings is 2. The predicted octanol–water partition coefficient (Wildman–Crippen LogP) is 2.23. The van der Waals surface area contributed by atoms with Crippen LogP contribution in [0.3, 0.4) is 0 Å². The SMILES string of the molecule is COc1ccc(C2CC(C(=O)O)C3C(NNC3c3ccccc3)N2)c(OC)c1. The molecular weight excluding hydrogens is 358 g/mol. The number of hydrogen-bond donors (Lipinski definition) is 4. The van der Waals surface area contributed by atoms with E-state index in [-0.39, 0.29) is 24.2 Å². The summed E-state index contributed by atoms with van der Waals surface area (Å²) in [7, 11) is 3.22. The van der Waals surface area contributed by atoms with Crippen molar-refractivity contribution in [2.24, 2.45) is 11.8 Å². The number of fused-ring (bicyclic) bond motifs is 1. The molecule has 2 aliphatic heterocycles. The van der Waals surface area contributed by atoms with E-state index < -0.39 is 11.9 Å². The molecule has 28 heavy (non-hydrogen) atoms. The molecular formula is C21H25N3O4. The van der Waals surface area contributed by atoms with Crippen molar-refractivity contribution < 1.29 is 19.4 Å². The highest BCUT2D eigenvalue weighted by atomic mass is 16.5. The van der Waals surface area contributed by atoms with E-state index in [9.17, 15) is 9.90 Å². The van der Waals surface area contributed by atoms with Crippen LogP contribution in [0, 0.1) is 11.8 Å². The van der Waals surface area contributed by atoms with E-state index in [1.54, 1.807) is 14.2 Å². The second-order valence-electron chi connectivity index (χ2n) is 7.24. The minimum Gasteiger partial charge on any atom is -0.497 e. The molecule has 7 heteroatoms. The molecule has 0 aliphatic carbocycles. The molecule has 5 atom stereocenters. The van der Waals surface area contributed by atoms with Gasteiger partial charge in [0.15, 0.2) is 0 Å². The molecule has 2 aromatic rings. The Labute approximate surface area is 164 Å². The molecule has 0 radical (unpaired) electrons. The maximum atomic E-state index is 12.2. The molecule has 0 aromatic heterocycles. The molecule has 7 nitrogen and oxygen atoms in total.